The third-order valence-corrected chi connectivity index (χ3v) is 9.84. The Balaban J connectivity index is 1.29. The number of aliphatic imine (C=N–C) groups is 1. The smallest absolute Gasteiger partial charge is 0.202 e. The van der Waals surface area contributed by atoms with Gasteiger partial charge in [-0.05, 0) is 73.0 Å². The number of fused-ring (bicyclic) bond motifs is 4. The van der Waals surface area contributed by atoms with Crippen molar-refractivity contribution >= 4 is 16.9 Å². The predicted molar refractivity (Wildman–Crippen MR) is 141 cm³/mol. The Morgan fingerprint density at radius 3 is 3.00 bits per heavy atom. The maximum atomic E-state index is 12.9. The molecule has 194 valence electrons. The molecule has 2 bridgehead atoms. The first kappa shape index (κ1) is 22.3. The van der Waals surface area contributed by atoms with Gasteiger partial charge < -0.3 is 25.7 Å². The number of piperidine rings is 1. The van der Waals surface area contributed by atoms with Crippen molar-refractivity contribution < 1.29 is 14.9 Å². The van der Waals surface area contributed by atoms with Crippen LogP contribution in [0.4, 0.5) is 0 Å². The van der Waals surface area contributed by atoms with Gasteiger partial charge in [0.15, 0.2) is 23.8 Å². The van der Waals surface area contributed by atoms with Gasteiger partial charge in [-0.15, -0.1) is 0 Å². The van der Waals surface area contributed by atoms with Gasteiger partial charge in [-0.1, -0.05) is 12.1 Å². The maximum Gasteiger partial charge on any atom is 0.202 e. The van der Waals surface area contributed by atoms with E-state index in [0.717, 1.165) is 65.1 Å². The summed E-state index contributed by atoms with van der Waals surface area (Å²) in [6, 6.07) is 9.91. The summed E-state index contributed by atoms with van der Waals surface area (Å²) in [6.07, 6.45) is 6.02. The minimum Gasteiger partial charge on any atom is -0.504 e. The summed E-state index contributed by atoms with van der Waals surface area (Å²) in [5.41, 5.74) is 10.4. The number of ether oxygens (including phenoxy) is 1. The maximum absolute atomic E-state index is 12.9. The van der Waals surface area contributed by atoms with Crippen LogP contribution in [0.5, 0.6) is 11.5 Å². The molecule has 2 fully saturated rings. The summed E-state index contributed by atoms with van der Waals surface area (Å²) in [5.74, 6) is 1.51. The molecule has 1 saturated carbocycles. The summed E-state index contributed by atoms with van der Waals surface area (Å²) in [7, 11) is 0. The van der Waals surface area contributed by atoms with Crippen LogP contribution in [0.2, 0.25) is 0 Å². The van der Waals surface area contributed by atoms with Crippen molar-refractivity contribution in [2.24, 2.45) is 16.6 Å². The van der Waals surface area contributed by atoms with E-state index < -0.39 is 17.1 Å². The lowest BCUT2D eigenvalue weighted by Gasteiger charge is -2.62. The van der Waals surface area contributed by atoms with Crippen molar-refractivity contribution in [3.8, 4) is 17.7 Å². The van der Waals surface area contributed by atoms with E-state index in [4.69, 9.17) is 15.7 Å². The molecule has 2 aromatic carbocycles. The van der Waals surface area contributed by atoms with Gasteiger partial charge in [0.2, 0.25) is 5.96 Å². The molecule has 9 heteroatoms. The zero-order chi connectivity index (χ0) is 25.8. The number of hydrogen-bond donors (Lipinski definition) is 5. The lowest BCUT2D eigenvalue weighted by Crippen LogP contribution is -2.74. The summed E-state index contributed by atoms with van der Waals surface area (Å²) in [6.45, 7) is 2.30. The van der Waals surface area contributed by atoms with E-state index in [1.807, 2.05) is 18.2 Å². The Morgan fingerprint density at radius 1 is 1.32 bits per heavy atom. The van der Waals surface area contributed by atoms with Gasteiger partial charge >= 0.3 is 0 Å². The van der Waals surface area contributed by atoms with Crippen molar-refractivity contribution in [2.75, 3.05) is 13.1 Å². The molecule has 8 rings (SSSR count). The highest BCUT2D eigenvalue weighted by Gasteiger charge is 2.72. The molecule has 1 saturated heterocycles. The van der Waals surface area contributed by atoms with Crippen LogP contribution in [0.1, 0.15) is 53.3 Å². The number of benzene rings is 2. The number of aromatic hydroxyl groups is 1. The number of aromatic nitrogens is 1. The fourth-order valence-electron chi connectivity index (χ4n) is 8.04. The monoisotopic (exact) mass is 510 g/mol. The lowest BCUT2D eigenvalue weighted by molar-refractivity contribution is -0.173. The van der Waals surface area contributed by atoms with E-state index in [9.17, 15) is 10.2 Å². The van der Waals surface area contributed by atoms with Crippen LogP contribution in [0.25, 0.3) is 10.9 Å². The van der Waals surface area contributed by atoms with E-state index in [-0.39, 0.29) is 17.8 Å². The quantitative estimate of drug-likeness (QED) is 0.157. The Labute approximate surface area is 219 Å². The van der Waals surface area contributed by atoms with E-state index >= 15 is 0 Å². The second-order valence-electron chi connectivity index (χ2n) is 11.8. The molecule has 1 unspecified atom stereocenters. The van der Waals surface area contributed by atoms with Crippen LogP contribution in [0.15, 0.2) is 35.3 Å². The van der Waals surface area contributed by atoms with Crippen LogP contribution >= 0.6 is 0 Å². The van der Waals surface area contributed by atoms with Crippen molar-refractivity contribution in [2.45, 2.75) is 61.8 Å². The topological polar surface area (TPSA) is 143 Å². The molecule has 0 radical (unpaired) electrons. The average molecular weight is 511 g/mol. The third kappa shape index (κ3) is 2.74. The fourth-order valence-corrected chi connectivity index (χ4v) is 8.04. The number of H-pyrrole nitrogens is 1. The molecule has 1 spiro atoms. The van der Waals surface area contributed by atoms with Gasteiger partial charge in [0, 0.05) is 35.5 Å². The Kier molecular flexibility index (Phi) is 4.35. The van der Waals surface area contributed by atoms with Gasteiger partial charge in [-0.3, -0.25) is 10.2 Å². The number of nitrogens with zero attached hydrogens (tertiary/aromatic N) is 3. The standard InChI is InChI=1S/C29H30N6O3/c30-14-33-27(31)32-12-16-3-5-20-18(9-16)19-11-29(37)22-10-17-4-6-21(36)25-23(17)28(29,26(38-25)24(19)34-20)7-8-35(22)13-15-1-2-15/h3-6,9,15,22,26,34,36-37H,1-2,7-8,10-13H2,(H3,31,32,33)/t22?,26-,28-,29+/m0/s1. The van der Waals surface area contributed by atoms with Crippen molar-refractivity contribution in [3.63, 3.8) is 0 Å². The molecular weight excluding hydrogens is 480 g/mol. The highest BCUT2D eigenvalue weighted by Crippen LogP contribution is 2.69. The van der Waals surface area contributed by atoms with Crippen molar-refractivity contribution in [1.82, 2.24) is 15.2 Å². The number of nitrogens with two attached hydrogens (primary N) is 1. The van der Waals surface area contributed by atoms with Crippen LogP contribution in [-0.2, 0) is 24.8 Å². The number of rotatable bonds is 4. The van der Waals surface area contributed by atoms with E-state index in [1.165, 1.54) is 18.4 Å². The van der Waals surface area contributed by atoms with E-state index in [2.05, 4.69) is 26.3 Å². The summed E-state index contributed by atoms with van der Waals surface area (Å²) in [4.78, 5) is 10.4. The number of nitriles is 1. The molecule has 3 heterocycles. The Hall–Kier alpha value is -3.74. The fraction of sp³-hybridized carbons (Fsp3) is 0.448. The largest absolute Gasteiger partial charge is 0.504 e. The number of likely N-dealkylation sites (tertiary alicyclic amines) is 1. The highest BCUT2D eigenvalue weighted by molar-refractivity contribution is 5.87. The zero-order valence-corrected chi connectivity index (χ0v) is 21.0. The second kappa shape index (κ2) is 7.43. The molecule has 6 N–H and O–H groups in total. The first-order valence-corrected chi connectivity index (χ1v) is 13.5. The number of aromatic amines is 1. The minimum absolute atomic E-state index is 0.00585. The van der Waals surface area contributed by atoms with Crippen LogP contribution in [0.3, 0.4) is 0 Å². The van der Waals surface area contributed by atoms with E-state index in [1.54, 1.807) is 12.3 Å². The molecule has 0 amide bonds. The molecular formula is C29H30N6O3. The Morgan fingerprint density at radius 2 is 2.18 bits per heavy atom. The molecule has 2 aliphatic heterocycles. The van der Waals surface area contributed by atoms with Gasteiger partial charge in [0.05, 0.1) is 23.3 Å². The summed E-state index contributed by atoms with van der Waals surface area (Å²) < 4.78 is 6.66. The third-order valence-electron chi connectivity index (χ3n) is 9.84. The normalized spacial score (nSPS) is 30.9. The molecule has 38 heavy (non-hydrogen) atoms. The van der Waals surface area contributed by atoms with Crippen molar-refractivity contribution in [1.29, 1.82) is 5.26 Å². The Bertz CT molecular complexity index is 1590. The van der Waals surface area contributed by atoms with Crippen LogP contribution in [-0.4, -0.2) is 50.8 Å². The van der Waals surface area contributed by atoms with Crippen LogP contribution < -0.4 is 15.8 Å². The highest BCUT2D eigenvalue weighted by atomic mass is 16.5. The second-order valence-corrected chi connectivity index (χ2v) is 11.8. The van der Waals surface area contributed by atoms with Gasteiger partial charge in [0.1, 0.15) is 0 Å². The average Bonchev–Trinajstić information content (AvgIpc) is 3.54. The molecule has 3 aliphatic carbocycles. The number of phenols is 1. The molecule has 5 aliphatic rings. The number of guanidine groups is 1. The van der Waals surface area contributed by atoms with Crippen LogP contribution in [0, 0.1) is 17.4 Å². The number of aliphatic hydroxyl groups is 1. The molecule has 4 atom stereocenters. The molecule has 3 aromatic rings. The molecule has 9 nitrogen and oxygen atoms in total. The van der Waals surface area contributed by atoms with Gasteiger partial charge in [-0.2, -0.15) is 5.26 Å². The number of nitrogens with one attached hydrogen (secondary N) is 2. The minimum atomic E-state index is -1.02. The van der Waals surface area contributed by atoms with Gasteiger partial charge in [-0.25, -0.2) is 4.99 Å². The number of phenolic OH excluding ortho intramolecular Hbond substituents is 1. The number of hydrogen-bond acceptors (Lipinski definition) is 6. The predicted octanol–water partition coefficient (Wildman–Crippen LogP) is 2.46. The molecule has 1 aromatic heterocycles. The summed E-state index contributed by atoms with van der Waals surface area (Å²) >= 11 is 0. The first-order valence-electron chi connectivity index (χ1n) is 13.5. The SMILES string of the molecule is N#CNC(N)=NCc1ccc2[nH]c3c(c2c1)C[C@@]1(O)C2Cc4ccc(O)c5c4[C@@]1(CCN2CC1CC1)[C@H]3O5. The van der Waals surface area contributed by atoms with E-state index in [0.29, 0.717) is 18.7 Å². The summed E-state index contributed by atoms with van der Waals surface area (Å²) in [5, 5.41) is 36.0. The van der Waals surface area contributed by atoms with Crippen molar-refractivity contribution in [3.05, 3.63) is 58.3 Å². The first-order chi connectivity index (χ1) is 18.4. The zero-order valence-electron chi connectivity index (χ0n) is 21.0. The van der Waals surface area contributed by atoms with Gasteiger partial charge in [0.25, 0.3) is 0 Å². The lowest BCUT2D eigenvalue weighted by atomic mass is 9.49.